The molecule has 2 aliphatic rings. The topological polar surface area (TPSA) is 12.5 Å². The lowest BCUT2D eigenvalue weighted by Gasteiger charge is -2.47. The van der Waals surface area contributed by atoms with E-state index in [2.05, 4.69) is 86.3 Å². The highest BCUT2D eigenvalue weighted by Crippen LogP contribution is 2.52. The predicted octanol–water partition coefficient (Wildman–Crippen LogP) is 4.37. The van der Waals surface area contributed by atoms with Gasteiger partial charge in [0.2, 0.25) is 0 Å². The van der Waals surface area contributed by atoms with Crippen molar-refractivity contribution >= 4 is 6.08 Å². The Labute approximate surface area is 132 Å². The molecular weight excluding hydrogens is 270 g/mol. The van der Waals surface area contributed by atoms with E-state index in [0.717, 1.165) is 0 Å². The highest BCUT2D eigenvalue weighted by molar-refractivity contribution is 5.63. The summed E-state index contributed by atoms with van der Waals surface area (Å²) in [5.41, 5.74) is 4.38. The molecule has 0 saturated carbocycles. The van der Waals surface area contributed by atoms with Crippen molar-refractivity contribution in [1.82, 2.24) is 4.90 Å². The van der Waals surface area contributed by atoms with Crippen LogP contribution in [-0.4, -0.2) is 17.0 Å². The standard InChI is InChI=1S/C20H21NO/c1-15-13-16-9-7-8-12-18(16)20(17-10-5-4-6-11-17)21(15)19(2,3)14-22-20/h4-13H,14H2,1-3H3/t20-/m1/s1. The maximum Gasteiger partial charge on any atom is 0.194 e. The van der Waals surface area contributed by atoms with Gasteiger partial charge in [-0.2, -0.15) is 0 Å². The van der Waals surface area contributed by atoms with Gasteiger partial charge < -0.3 is 9.64 Å². The second-order valence-corrected chi connectivity index (χ2v) is 6.82. The van der Waals surface area contributed by atoms with E-state index in [4.69, 9.17) is 4.74 Å². The Morgan fingerprint density at radius 3 is 2.41 bits per heavy atom. The minimum absolute atomic E-state index is 0.0377. The summed E-state index contributed by atoms with van der Waals surface area (Å²) in [5, 5.41) is 0. The van der Waals surface area contributed by atoms with E-state index >= 15 is 0 Å². The zero-order valence-electron chi connectivity index (χ0n) is 13.3. The van der Waals surface area contributed by atoms with Crippen molar-refractivity contribution in [2.45, 2.75) is 32.0 Å². The van der Waals surface area contributed by atoms with E-state index in [0.29, 0.717) is 6.61 Å². The second-order valence-electron chi connectivity index (χ2n) is 6.82. The van der Waals surface area contributed by atoms with E-state index in [1.165, 1.54) is 22.4 Å². The van der Waals surface area contributed by atoms with Crippen molar-refractivity contribution in [3.05, 3.63) is 77.0 Å². The van der Waals surface area contributed by atoms with Crippen molar-refractivity contribution < 1.29 is 4.74 Å². The lowest BCUT2D eigenvalue weighted by atomic mass is 9.84. The average molecular weight is 291 g/mol. The highest BCUT2D eigenvalue weighted by atomic mass is 16.5. The molecule has 22 heavy (non-hydrogen) atoms. The summed E-state index contributed by atoms with van der Waals surface area (Å²) < 4.78 is 6.53. The van der Waals surface area contributed by atoms with Crippen molar-refractivity contribution in [2.75, 3.05) is 6.61 Å². The van der Waals surface area contributed by atoms with Gasteiger partial charge in [-0.15, -0.1) is 0 Å². The van der Waals surface area contributed by atoms with E-state index in [9.17, 15) is 0 Å². The first-order valence-electron chi connectivity index (χ1n) is 7.83. The molecule has 112 valence electrons. The second kappa shape index (κ2) is 4.47. The van der Waals surface area contributed by atoms with Gasteiger partial charge in [0.05, 0.1) is 12.1 Å². The minimum Gasteiger partial charge on any atom is -0.345 e. The molecule has 0 amide bonds. The van der Waals surface area contributed by atoms with Crippen LogP contribution < -0.4 is 0 Å². The van der Waals surface area contributed by atoms with Gasteiger partial charge in [-0.05, 0) is 32.4 Å². The van der Waals surface area contributed by atoms with Crippen LogP contribution in [0.15, 0.2) is 60.3 Å². The van der Waals surface area contributed by atoms with Gasteiger partial charge in [-0.1, -0.05) is 54.6 Å². The minimum atomic E-state index is -0.514. The van der Waals surface area contributed by atoms with Crippen LogP contribution in [0.5, 0.6) is 0 Å². The molecule has 1 saturated heterocycles. The molecule has 0 aliphatic carbocycles. The number of hydrogen-bond donors (Lipinski definition) is 0. The van der Waals surface area contributed by atoms with Gasteiger partial charge in [0.15, 0.2) is 5.72 Å². The van der Waals surface area contributed by atoms with Crippen LogP contribution in [0.3, 0.4) is 0 Å². The quantitative estimate of drug-likeness (QED) is 0.773. The fourth-order valence-corrected chi connectivity index (χ4v) is 4.01. The molecule has 0 unspecified atom stereocenters. The third-order valence-corrected chi connectivity index (χ3v) is 4.76. The van der Waals surface area contributed by atoms with Gasteiger partial charge in [-0.25, -0.2) is 0 Å². The molecule has 0 bridgehead atoms. The summed E-state index contributed by atoms with van der Waals surface area (Å²) in [6.45, 7) is 7.40. The molecule has 0 aromatic heterocycles. The molecule has 0 radical (unpaired) electrons. The van der Waals surface area contributed by atoms with Gasteiger partial charge in [0.1, 0.15) is 0 Å². The Bertz CT molecular complexity index is 747. The summed E-state index contributed by atoms with van der Waals surface area (Å²) in [6, 6.07) is 19.1. The van der Waals surface area contributed by atoms with Crippen LogP contribution in [0.1, 0.15) is 37.5 Å². The van der Waals surface area contributed by atoms with E-state index in [-0.39, 0.29) is 5.54 Å². The highest BCUT2D eigenvalue weighted by Gasteiger charge is 2.56. The molecule has 4 rings (SSSR count). The number of rotatable bonds is 1. The number of benzene rings is 2. The number of allylic oxidation sites excluding steroid dienone is 1. The maximum absolute atomic E-state index is 6.53. The first kappa shape index (κ1) is 13.6. The molecular formula is C20H21NO. The Hall–Kier alpha value is -2.06. The molecule has 2 aromatic rings. The number of fused-ring (bicyclic) bond motifs is 3. The summed E-state index contributed by atoms with van der Waals surface area (Å²) >= 11 is 0. The summed E-state index contributed by atoms with van der Waals surface area (Å²) in [5.74, 6) is 0. The van der Waals surface area contributed by atoms with Crippen molar-refractivity contribution in [3.63, 3.8) is 0 Å². The van der Waals surface area contributed by atoms with Crippen LogP contribution in [0.2, 0.25) is 0 Å². The number of ether oxygens (including phenoxy) is 1. The van der Waals surface area contributed by atoms with Gasteiger partial charge in [-0.3, -0.25) is 0 Å². The van der Waals surface area contributed by atoms with Crippen LogP contribution in [0.4, 0.5) is 0 Å². The van der Waals surface area contributed by atoms with E-state index in [1.807, 2.05) is 0 Å². The summed E-state index contributed by atoms with van der Waals surface area (Å²) in [4.78, 5) is 2.44. The van der Waals surface area contributed by atoms with Gasteiger partial charge in [0.25, 0.3) is 0 Å². The van der Waals surface area contributed by atoms with Crippen LogP contribution >= 0.6 is 0 Å². The van der Waals surface area contributed by atoms with E-state index in [1.54, 1.807) is 0 Å². The summed E-state index contributed by atoms with van der Waals surface area (Å²) in [7, 11) is 0. The molecule has 2 nitrogen and oxygen atoms in total. The zero-order valence-corrected chi connectivity index (χ0v) is 13.3. The largest absolute Gasteiger partial charge is 0.345 e. The maximum atomic E-state index is 6.53. The van der Waals surface area contributed by atoms with Crippen molar-refractivity contribution in [3.8, 4) is 0 Å². The Balaban J connectivity index is 2.06. The van der Waals surface area contributed by atoms with Crippen molar-refractivity contribution in [1.29, 1.82) is 0 Å². The number of hydrogen-bond acceptors (Lipinski definition) is 2. The third-order valence-electron chi connectivity index (χ3n) is 4.76. The molecule has 2 aliphatic heterocycles. The van der Waals surface area contributed by atoms with Gasteiger partial charge >= 0.3 is 0 Å². The van der Waals surface area contributed by atoms with Gasteiger partial charge in [0, 0.05) is 16.8 Å². The Kier molecular flexibility index (Phi) is 2.76. The summed E-state index contributed by atoms with van der Waals surface area (Å²) in [6.07, 6.45) is 2.27. The Morgan fingerprint density at radius 2 is 1.64 bits per heavy atom. The molecule has 2 heteroatoms. The average Bonchev–Trinajstić information content (AvgIpc) is 2.82. The molecule has 1 fully saturated rings. The number of nitrogens with zero attached hydrogens (tertiary/aromatic N) is 1. The van der Waals surface area contributed by atoms with Crippen molar-refractivity contribution in [2.24, 2.45) is 0 Å². The third kappa shape index (κ3) is 1.65. The monoisotopic (exact) mass is 291 g/mol. The normalized spacial score (nSPS) is 25.4. The van der Waals surface area contributed by atoms with Crippen LogP contribution in [-0.2, 0) is 10.5 Å². The fraction of sp³-hybridized carbons (Fsp3) is 0.300. The first-order chi connectivity index (χ1) is 10.6. The SMILES string of the molecule is CC1=Cc2ccccc2[C@@]2(c3ccccc3)OCC(C)(C)N12. The molecule has 1 atom stereocenters. The smallest absolute Gasteiger partial charge is 0.194 e. The first-order valence-corrected chi connectivity index (χ1v) is 7.83. The zero-order chi connectivity index (χ0) is 15.4. The molecule has 2 heterocycles. The van der Waals surface area contributed by atoms with E-state index < -0.39 is 5.72 Å². The van der Waals surface area contributed by atoms with Crippen LogP contribution in [0.25, 0.3) is 6.08 Å². The molecule has 0 N–H and O–H groups in total. The molecule has 2 aromatic carbocycles. The lowest BCUT2D eigenvalue weighted by molar-refractivity contribution is -0.0442. The Morgan fingerprint density at radius 1 is 0.955 bits per heavy atom. The molecule has 0 spiro atoms. The predicted molar refractivity (Wildman–Crippen MR) is 89.2 cm³/mol. The van der Waals surface area contributed by atoms with Crippen LogP contribution in [0, 0.1) is 0 Å². The fourth-order valence-electron chi connectivity index (χ4n) is 4.01. The lowest BCUT2D eigenvalue weighted by Crippen LogP contribution is -2.51.